The maximum atomic E-state index is 11.5. The molecule has 0 aromatic heterocycles. The maximum Gasteiger partial charge on any atom is 0.329 e. The van der Waals surface area contributed by atoms with Crippen LogP contribution in [0, 0.1) is 0 Å². The molecule has 2 N–H and O–H groups in total. The van der Waals surface area contributed by atoms with E-state index < -0.39 is 11.5 Å². The van der Waals surface area contributed by atoms with Gasteiger partial charge in [0.25, 0.3) is 0 Å². The molecule has 0 fully saturated rings. The predicted molar refractivity (Wildman–Crippen MR) is 70.4 cm³/mol. The lowest BCUT2D eigenvalue weighted by atomic mass is 9.78. The third-order valence-electron chi connectivity index (χ3n) is 3.31. The summed E-state index contributed by atoms with van der Waals surface area (Å²) in [5.74, 6) is -1.27. The van der Waals surface area contributed by atoms with Crippen molar-refractivity contribution in [2.24, 2.45) is 0 Å². The lowest BCUT2D eigenvalue weighted by Crippen LogP contribution is -2.57. The first-order valence-electron chi connectivity index (χ1n) is 5.72. The molecule has 1 amide bonds. The quantitative estimate of drug-likeness (QED) is 0.876. The van der Waals surface area contributed by atoms with Gasteiger partial charge in [0.15, 0.2) is 0 Å². The van der Waals surface area contributed by atoms with Crippen LogP contribution >= 0.6 is 15.9 Å². The van der Waals surface area contributed by atoms with Crippen LogP contribution in [0.5, 0.6) is 0 Å². The largest absolute Gasteiger partial charge is 0.479 e. The van der Waals surface area contributed by atoms with Crippen molar-refractivity contribution in [3.8, 4) is 0 Å². The van der Waals surface area contributed by atoms with Crippen molar-refractivity contribution in [2.45, 2.75) is 31.7 Å². The Morgan fingerprint density at radius 2 is 2.11 bits per heavy atom. The number of hydrogen-bond acceptors (Lipinski definition) is 2. The Bertz CT molecular complexity index is 515. The highest BCUT2D eigenvalue weighted by Crippen LogP contribution is 2.31. The molecule has 1 aliphatic carbocycles. The maximum absolute atomic E-state index is 11.5. The van der Waals surface area contributed by atoms with Gasteiger partial charge in [0, 0.05) is 17.8 Å². The molecule has 18 heavy (non-hydrogen) atoms. The number of halogens is 1. The number of carbonyl (C=O) groups is 2. The molecule has 0 bridgehead atoms. The summed E-state index contributed by atoms with van der Waals surface area (Å²) in [6, 6.07) is 5.82. The van der Waals surface area contributed by atoms with Gasteiger partial charge in [-0.3, -0.25) is 4.79 Å². The van der Waals surface area contributed by atoms with E-state index in [0.717, 1.165) is 15.6 Å². The van der Waals surface area contributed by atoms with Crippen LogP contribution in [0.1, 0.15) is 24.5 Å². The van der Waals surface area contributed by atoms with Gasteiger partial charge in [0.1, 0.15) is 5.54 Å². The SMILES string of the molecule is CC(=O)NC1(C(=O)O)CCc2cc(Br)ccc2C1. The first-order valence-corrected chi connectivity index (χ1v) is 6.52. The van der Waals surface area contributed by atoms with E-state index in [0.29, 0.717) is 19.3 Å². The number of carboxylic acid groups (broad SMARTS) is 1. The van der Waals surface area contributed by atoms with Crippen molar-refractivity contribution in [1.29, 1.82) is 0 Å². The van der Waals surface area contributed by atoms with Crippen LogP contribution < -0.4 is 5.32 Å². The molecule has 0 radical (unpaired) electrons. The zero-order valence-electron chi connectivity index (χ0n) is 10.00. The van der Waals surface area contributed by atoms with Gasteiger partial charge in [-0.05, 0) is 36.1 Å². The van der Waals surface area contributed by atoms with Gasteiger partial charge >= 0.3 is 5.97 Å². The molecule has 1 atom stereocenters. The molecular formula is C13H14BrNO3. The van der Waals surface area contributed by atoms with Crippen LogP contribution in [-0.4, -0.2) is 22.5 Å². The fourth-order valence-electron chi connectivity index (χ4n) is 2.44. The number of carboxylic acids is 1. The van der Waals surface area contributed by atoms with Gasteiger partial charge in [0.2, 0.25) is 5.91 Å². The number of benzene rings is 1. The number of nitrogens with one attached hydrogen (secondary N) is 1. The van der Waals surface area contributed by atoms with E-state index in [1.165, 1.54) is 6.92 Å². The molecule has 1 aromatic rings. The van der Waals surface area contributed by atoms with Crippen molar-refractivity contribution >= 4 is 27.8 Å². The second-order valence-electron chi connectivity index (χ2n) is 4.66. The Hall–Kier alpha value is -1.36. The smallest absolute Gasteiger partial charge is 0.329 e. The van der Waals surface area contributed by atoms with Gasteiger partial charge in [-0.2, -0.15) is 0 Å². The van der Waals surface area contributed by atoms with Crippen LogP contribution in [0.4, 0.5) is 0 Å². The van der Waals surface area contributed by atoms with Crippen molar-refractivity contribution < 1.29 is 14.7 Å². The summed E-state index contributed by atoms with van der Waals surface area (Å²) in [6.45, 7) is 1.35. The standard InChI is InChI=1S/C13H14BrNO3/c1-8(16)15-13(12(17)18)5-4-9-6-11(14)3-2-10(9)7-13/h2-3,6H,4-5,7H2,1H3,(H,15,16)(H,17,18). The molecule has 96 valence electrons. The van der Waals surface area contributed by atoms with Crippen LogP contribution in [0.25, 0.3) is 0 Å². The van der Waals surface area contributed by atoms with Crippen molar-refractivity contribution in [2.75, 3.05) is 0 Å². The third kappa shape index (κ3) is 2.41. The number of hydrogen-bond donors (Lipinski definition) is 2. The highest BCUT2D eigenvalue weighted by atomic mass is 79.9. The fraction of sp³-hybridized carbons (Fsp3) is 0.385. The molecule has 1 unspecified atom stereocenters. The van der Waals surface area contributed by atoms with Crippen LogP contribution in [0.3, 0.4) is 0 Å². The summed E-state index contributed by atoms with van der Waals surface area (Å²) < 4.78 is 0.989. The first kappa shape index (κ1) is 13.1. The second kappa shape index (κ2) is 4.72. The summed E-state index contributed by atoms with van der Waals surface area (Å²) >= 11 is 3.40. The van der Waals surface area contributed by atoms with Crippen LogP contribution in [0.2, 0.25) is 0 Å². The minimum absolute atomic E-state index is 0.307. The average molecular weight is 312 g/mol. The van der Waals surface area contributed by atoms with Crippen molar-refractivity contribution in [3.63, 3.8) is 0 Å². The zero-order chi connectivity index (χ0) is 13.3. The Morgan fingerprint density at radius 1 is 1.39 bits per heavy atom. The number of rotatable bonds is 2. The summed E-state index contributed by atoms with van der Waals surface area (Å²) in [6.07, 6.45) is 1.41. The molecule has 5 heteroatoms. The molecule has 1 aliphatic rings. The summed E-state index contributed by atoms with van der Waals surface area (Å²) in [4.78, 5) is 22.7. The molecule has 4 nitrogen and oxygen atoms in total. The lowest BCUT2D eigenvalue weighted by Gasteiger charge is -2.35. The van der Waals surface area contributed by atoms with E-state index >= 15 is 0 Å². The summed E-state index contributed by atoms with van der Waals surface area (Å²) in [7, 11) is 0. The topological polar surface area (TPSA) is 66.4 Å². The Balaban J connectivity index is 2.35. The van der Waals surface area contributed by atoms with E-state index in [-0.39, 0.29) is 5.91 Å². The molecule has 0 aliphatic heterocycles. The summed E-state index contributed by atoms with van der Waals surface area (Å²) in [5.41, 5.74) is 0.972. The fourth-order valence-corrected chi connectivity index (χ4v) is 2.85. The third-order valence-corrected chi connectivity index (χ3v) is 3.80. The van der Waals surface area contributed by atoms with E-state index in [1.54, 1.807) is 0 Å². The number of aryl methyl sites for hydroxylation is 1. The van der Waals surface area contributed by atoms with E-state index in [2.05, 4.69) is 21.2 Å². The molecule has 0 saturated heterocycles. The van der Waals surface area contributed by atoms with Gasteiger partial charge in [-0.15, -0.1) is 0 Å². The summed E-state index contributed by atoms with van der Waals surface area (Å²) in [5, 5.41) is 12.0. The lowest BCUT2D eigenvalue weighted by molar-refractivity contribution is -0.148. The Kier molecular flexibility index (Phi) is 3.43. The number of aliphatic carboxylic acids is 1. The minimum Gasteiger partial charge on any atom is -0.479 e. The van der Waals surface area contributed by atoms with Crippen LogP contribution in [-0.2, 0) is 22.4 Å². The minimum atomic E-state index is -1.16. The second-order valence-corrected chi connectivity index (χ2v) is 5.57. The molecule has 0 saturated carbocycles. The number of carbonyl (C=O) groups excluding carboxylic acids is 1. The molecule has 0 spiro atoms. The van der Waals surface area contributed by atoms with Crippen molar-refractivity contribution in [1.82, 2.24) is 5.32 Å². The number of fused-ring (bicyclic) bond motifs is 1. The van der Waals surface area contributed by atoms with Gasteiger partial charge in [-0.1, -0.05) is 22.0 Å². The average Bonchev–Trinajstić information content (AvgIpc) is 2.28. The predicted octanol–water partition coefficient (Wildman–Crippen LogP) is 1.90. The van der Waals surface area contributed by atoms with Gasteiger partial charge in [-0.25, -0.2) is 4.79 Å². The highest BCUT2D eigenvalue weighted by Gasteiger charge is 2.42. The van der Waals surface area contributed by atoms with E-state index in [9.17, 15) is 14.7 Å². The number of amides is 1. The van der Waals surface area contributed by atoms with Crippen LogP contribution in [0.15, 0.2) is 22.7 Å². The molecule has 0 heterocycles. The van der Waals surface area contributed by atoms with E-state index in [4.69, 9.17) is 0 Å². The molecule has 1 aromatic carbocycles. The Labute approximate surface area is 114 Å². The zero-order valence-corrected chi connectivity index (χ0v) is 11.6. The normalized spacial score (nSPS) is 22.1. The van der Waals surface area contributed by atoms with E-state index in [1.807, 2.05) is 18.2 Å². The monoisotopic (exact) mass is 311 g/mol. The Morgan fingerprint density at radius 3 is 2.72 bits per heavy atom. The molecular weight excluding hydrogens is 298 g/mol. The first-order chi connectivity index (χ1) is 8.43. The molecule has 2 rings (SSSR count). The van der Waals surface area contributed by atoms with Gasteiger partial charge < -0.3 is 10.4 Å². The van der Waals surface area contributed by atoms with Crippen molar-refractivity contribution in [3.05, 3.63) is 33.8 Å². The van der Waals surface area contributed by atoms with Gasteiger partial charge in [0.05, 0.1) is 0 Å². The highest BCUT2D eigenvalue weighted by molar-refractivity contribution is 9.10.